The van der Waals surface area contributed by atoms with Gasteiger partial charge in [-0.1, -0.05) is 17.3 Å². The second-order valence-corrected chi connectivity index (χ2v) is 5.28. The molecule has 3 aromatic rings. The van der Waals surface area contributed by atoms with E-state index in [4.69, 9.17) is 16.7 Å². The summed E-state index contributed by atoms with van der Waals surface area (Å²) < 4.78 is 8.67. The second-order valence-electron chi connectivity index (χ2n) is 4.91. The van der Waals surface area contributed by atoms with E-state index in [9.17, 15) is 4.79 Å². The molecule has 0 bridgehead atoms. The van der Waals surface area contributed by atoms with Crippen LogP contribution < -0.4 is 10.9 Å². The Morgan fingerprint density at radius 2 is 2.05 bits per heavy atom. The molecule has 0 amide bonds. The van der Waals surface area contributed by atoms with E-state index < -0.39 is 0 Å². The summed E-state index contributed by atoms with van der Waals surface area (Å²) >= 11 is 5.18. The predicted octanol–water partition coefficient (Wildman–Crippen LogP) is 2.65. The fourth-order valence-corrected chi connectivity index (χ4v) is 2.38. The van der Waals surface area contributed by atoms with Gasteiger partial charge in [0.05, 0.1) is 0 Å². The summed E-state index contributed by atoms with van der Waals surface area (Å²) in [6.45, 7) is 1.99. The lowest BCUT2D eigenvalue weighted by molar-refractivity contribution is 0.438. The summed E-state index contributed by atoms with van der Waals surface area (Å²) in [5.41, 5.74) is 2.08. The van der Waals surface area contributed by atoms with Gasteiger partial charge in [0, 0.05) is 19.8 Å². The van der Waals surface area contributed by atoms with E-state index in [-0.39, 0.29) is 5.56 Å². The van der Waals surface area contributed by atoms with Gasteiger partial charge in [0.2, 0.25) is 5.71 Å². The summed E-state index contributed by atoms with van der Waals surface area (Å²) in [7, 11) is 3.37. The van der Waals surface area contributed by atoms with Crippen molar-refractivity contribution in [3.63, 3.8) is 0 Å². The summed E-state index contributed by atoms with van der Waals surface area (Å²) in [6.07, 6.45) is 0. The Morgan fingerprint density at radius 3 is 2.76 bits per heavy atom. The second kappa shape index (κ2) is 4.85. The van der Waals surface area contributed by atoms with E-state index in [1.165, 1.54) is 4.57 Å². The number of nitrogens with zero attached hydrogens (tertiary/aromatic N) is 3. The van der Waals surface area contributed by atoms with Crippen LogP contribution in [0.15, 0.2) is 33.6 Å². The fourth-order valence-electron chi connectivity index (χ4n) is 2.21. The maximum absolute atomic E-state index is 12.4. The maximum Gasteiger partial charge on any atom is 0.269 e. The van der Waals surface area contributed by atoms with Gasteiger partial charge in [-0.2, -0.15) is 0 Å². The Hall–Kier alpha value is -2.41. The summed E-state index contributed by atoms with van der Waals surface area (Å²) in [6, 6.07) is 7.79. The Kier molecular flexibility index (Phi) is 3.13. The number of aryl methyl sites for hydroxylation is 2. The molecule has 0 fully saturated rings. The number of fused-ring (bicyclic) bond motifs is 1. The molecule has 0 aliphatic carbocycles. The highest BCUT2D eigenvalue weighted by atomic mass is 32.1. The quantitative estimate of drug-likeness (QED) is 0.737. The third kappa shape index (κ3) is 2.15. The number of rotatable bonds is 2. The van der Waals surface area contributed by atoms with Gasteiger partial charge >= 0.3 is 0 Å². The van der Waals surface area contributed by atoms with Crippen molar-refractivity contribution in [2.24, 2.45) is 14.1 Å². The van der Waals surface area contributed by atoms with Crippen LogP contribution in [0.1, 0.15) is 5.56 Å². The molecule has 0 saturated heterocycles. The van der Waals surface area contributed by atoms with Crippen LogP contribution >= 0.6 is 12.2 Å². The zero-order chi connectivity index (χ0) is 15.1. The van der Waals surface area contributed by atoms with E-state index in [1.807, 2.05) is 31.2 Å². The molecule has 108 valence electrons. The molecule has 0 aliphatic rings. The average Bonchev–Trinajstić information content (AvgIpc) is 2.87. The lowest BCUT2D eigenvalue weighted by atomic mass is 10.2. The number of hydrogen-bond acceptors (Lipinski definition) is 5. The van der Waals surface area contributed by atoms with Crippen molar-refractivity contribution in [3.8, 4) is 0 Å². The van der Waals surface area contributed by atoms with Crippen molar-refractivity contribution in [2.45, 2.75) is 6.92 Å². The number of aromatic nitrogens is 3. The first-order valence-electron chi connectivity index (χ1n) is 6.38. The standard InChI is InChI=1S/C14H14N4O2S/c1-8-5-4-6-9(7-8)15-11-10-12(19)17(2)14(21)18(3)13(10)20-16-11/h4-7H,1-3H3,(H,15,16). The lowest BCUT2D eigenvalue weighted by Crippen LogP contribution is -2.21. The molecule has 1 aromatic carbocycles. The van der Waals surface area contributed by atoms with Gasteiger partial charge in [0.25, 0.3) is 5.56 Å². The first-order chi connectivity index (χ1) is 9.99. The molecule has 2 heterocycles. The van der Waals surface area contributed by atoms with Crippen molar-refractivity contribution >= 4 is 34.8 Å². The highest BCUT2D eigenvalue weighted by Crippen LogP contribution is 2.23. The summed E-state index contributed by atoms with van der Waals surface area (Å²) in [5.74, 6) is 0.391. The predicted molar refractivity (Wildman–Crippen MR) is 83.5 cm³/mol. The summed E-state index contributed by atoms with van der Waals surface area (Å²) in [5, 5.41) is 7.46. The number of hydrogen-bond donors (Lipinski definition) is 1. The van der Waals surface area contributed by atoms with E-state index in [0.29, 0.717) is 21.7 Å². The first kappa shape index (κ1) is 13.6. The molecule has 6 nitrogen and oxygen atoms in total. The van der Waals surface area contributed by atoms with E-state index in [2.05, 4.69) is 10.5 Å². The Labute approximate surface area is 125 Å². The first-order valence-corrected chi connectivity index (χ1v) is 6.79. The number of benzene rings is 1. The highest BCUT2D eigenvalue weighted by molar-refractivity contribution is 7.71. The molecule has 0 unspecified atom stereocenters. The Balaban J connectivity index is 2.21. The molecule has 0 atom stereocenters. The van der Waals surface area contributed by atoms with Crippen LogP contribution in [-0.2, 0) is 14.1 Å². The number of nitrogens with one attached hydrogen (secondary N) is 1. The molecular weight excluding hydrogens is 288 g/mol. The van der Waals surface area contributed by atoms with Crippen molar-refractivity contribution in [3.05, 3.63) is 45.0 Å². The minimum Gasteiger partial charge on any atom is -0.337 e. The molecule has 7 heteroatoms. The van der Waals surface area contributed by atoms with Gasteiger partial charge in [-0.25, -0.2) is 0 Å². The molecule has 3 rings (SSSR count). The van der Waals surface area contributed by atoms with Crippen LogP contribution in [0, 0.1) is 11.7 Å². The van der Waals surface area contributed by atoms with Gasteiger partial charge < -0.3 is 9.84 Å². The SMILES string of the molecule is Cc1cccc(Nc2noc3c2c(=O)n(C)c(=S)n3C)c1. The van der Waals surface area contributed by atoms with Crippen LogP contribution in [0.2, 0.25) is 0 Å². The minimum absolute atomic E-state index is 0.232. The van der Waals surface area contributed by atoms with Crippen LogP contribution in [0.3, 0.4) is 0 Å². The Morgan fingerprint density at radius 1 is 1.29 bits per heavy atom. The summed E-state index contributed by atoms with van der Waals surface area (Å²) in [4.78, 5) is 12.4. The van der Waals surface area contributed by atoms with Gasteiger partial charge in [0.15, 0.2) is 10.6 Å². The molecule has 0 aliphatic heterocycles. The smallest absolute Gasteiger partial charge is 0.269 e. The molecule has 1 N–H and O–H groups in total. The zero-order valence-corrected chi connectivity index (χ0v) is 12.7. The third-order valence-corrected chi connectivity index (χ3v) is 3.90. The Bertz CT molecular complexity index is 952. The maximum atomic E-state index is 12.4. The average molecular weight is 302 g/mol. The van der Waals surface area contributed by atoms with Gasteiger partial charge in [-0.15, -0.1) is 0 Å². The topological polar surface area (TPSA) is 65.0 Å². The van der Waals surface area contributed by atoms with Crippen LogP contribution in [0.25, 0.3) is 11.1 Å². The normalized spacial score (nSPS) is 11.0. The molecule has 0 saturated carbocycles. The van der Waals surface area contributed by atoms with E-state index >= 15 is 0 Å². The van der Waals surface area contributed by atoms with Crippen LogP contribution in [0.4, 0.5) is 11.5 Å². The van der Waals surface area contributed by atoms with Gasteiger partial charge in [-0.3, -0.25) is 13.9 Å². The van der Waals surface area contributed by atoms with Gasteiger partial charge in [-0.05, 0) is 36.8 Å². The van der Waals surface area contributed by atoms with Crippen LogP contribution in [-0.4, -0.2) is 14.3 Å². The van der Waals surface area contributed by atoms with E-state index in [1.54, 1.807) is 18.7 Å². The number of anilines is 2. The molecule has 21 heavy (non-hydrogen) atoms. The van der Waals surface area contributed by atoms with Crippen molar-refractivity contribution in [1.82, 2.24) is 14.3 Å². The molecular formula is C14H14N4O2S. The fraction of sp³-hybridized carbons (Fsp3) is 0.214. The van der Waals surface area contributed by atoms with Crippen molar-refractivity contribution < 1.29 is 4.52 Å². The molecule has 0 spiro atoms. The lowest BCUT2D eigenvalue weighted by Gasteiger charge is -2.06. The minimum atomic E-state index is -0.232. The monoisotopic (exact) mass is 302 g/mol. The van der Waals surface area contributed by atoms with Crippen molar-refractivity contribution in [1.29, 1.82) is 0 Å². The molecule has 0 radical (unpaired) electrons. The van der Waals surface area contributed by atoms with Gasteiger partial charge in [0.1, 0.15) is 5.39 Å². The van der Waals surface area contributed by atoms with Crippen molar-refractivity contribution in [2.75, 3.05) is 5.32 Å². The van der Waals surface area contributed by atoms with Crippen LogP contribution in [0.5, 0.6) is 0 Å². The largest absolute Gasteiger partial charge is 0.337 e. The van der Waals surface area contributed by atoms with E-state index in [0.717, 1.165) is 11.3 Å². The third-order valence-electron chi connectivity index (χ3n) is 3.35. The highest BCUT2D eigenvalue weighted by Gasteiger charge is 2.17. The molecule has 2 aromatic heterocycles. The zero-order valence-electron chi connectivity index (χ0n) is 11.9.